The molecule has 3 saturated heterocycles. The number of carbonyl (C=O) groups is 2. The van der Waals surface area contributed by atoms with E-state index in [9.17, 15) is 35.6 Å². The number of alkyl halides is 3. The SMILES string of the molecule is N#CC1CN(S(=O)(=O)N2CC3CC2[C@@H](C(=O)N2CCC[C@@H]2C(=O)NCc2ccc(C(F)(F)F)cc2F)C3)C1. The third-order valence-electron chi connectivity index (χ3n) is 8.08. The number of hydrogen-bond donors (Lipinski definition) is 1. The van der Waals surface area contributed by atoms with Crippen molar-refractivity contribution in [1.82, 2.24) is 18.8 Å². The average Bonchev–Trinajstić information content (AvgIpc) is 3.57. The van der Waals surface area contributed by atoms with Gasteiger partial charge < -0.3 is 10.2 Å². The van der Waals surface area contributed by atoms with Gasteiger partial charge in [-0.15, -0.1) is 0 Å². The van der Waals surface area contributed by atoms with E-state index in [0.717, 1.165) is 12.1 Å². The number of carbonyl (C=O) groups excluding carboxylic acids is 2. The fraction of sp³-hybridized carbons (Fsp3) is 0.625. The molecule has 206 valence electrons. The van der Waals surface area contributed by atoms with Crippen LogP contribution < -0.4 is 5.32 Å². The van der Waals surface area contributed by atoms with Gasteiger partial charge in [0.05, 0.1) is 23.5 Å². The van der Waals surface area contributed by atoms with E-state index in [1.807, 2.05) is 0 Å². The zero-order chi connectivity index (χ0) is 27.4. The molecule has 3 aliphatic heterocycles. The summed E-state index contributed by atoms with van der Waals surface area (Å²) in [4.78, 5) is 27.9. The number of nitrogens with zero attached hydrogens (tertiary/aromatic N) is 4. The molecule has 1 aromatic carbocycles. The predicted octanol–water partition coefficient (Wildman–Crippen LogP) is 1.86. The molecular formula is C24H27F4N5O4S. The quantitative estimate of drug-likeness (QED) is 0.537. The van der Waals surface area contributed by atoms with Crippen molar-refractivity contribution in [3.63, 3.8) is 0 Å². The number of benzene rings is 1. The third-order valence-corrected chi connectivity index (χ3v) is 10.0. The van der Waals surface area contributed by atoms with Gasteiger partial charge in [0.2, 0.25) is 11.8 Å². The van der Waals surface area contributed by atoms with E-state index in [0.29, 0.717) is 44.8 Å². The van der Waals surface area contributed by atoms with Crippen molar-refractivity contribution in [3.05, 3.63) is 35.1 Å². The van der Waals surface area contributed by atoms with Gasteiger partial charge in [0.25, 0.3) is 10.2 Å². The smallest absolute Gasteiger partial charge is 0.350 e. The van der Waals surface area contributed by atoms with E-state index < -0.39 is 51.7 Å². The first kappa shape index (κ1) is 26.8. The number of piperidine rings is 1. The number of likely N-dealkylation sites (tertiary alicyclic amines) is 1. The molecule has 38 heavy (non-hydrogen) atoms. The van der Waals surface area contributed by atoms with Crippen LogP contribution in [0.5, 0.6) is 0 Å². The van der Waals surface area contributed by atoms with E-state index in [1.54, 1.807) is 0 Å². The largest absolute Gasteiger partial charge is 0.416 e. The first-order valence-corrected chi connectivity index (χ1v) is 13.9. The summed E-state index contributed by atoms with van der Waals surface area (Å²) >= 11 is 0. The van der Waals surface area contributed by atoms with Crippen molar-refractivity contribution >= 4 is 22.0 Å². The van der Waals surface area contributed by atoms with Crippen molar-refractivity contribution < 1.29 is 35.6 Å². The molecule has 5 rings (SSSR count). The minimum atomic E-state index is -4.68. The second-order valence-electron chi connectivity index (χ2n) is 10.4. The van der Waals surface area contributed by atoms with Crippen molar-refractivity contribution in [2.24, 2.45) is 17.8 Å². The Morgan fingerprint density at radius 1 is 1.16 bits per heavy atom. The van der Waals surface area contributed by atoms with Gasteiger partial charge in [-0.3, -0.25) is 9.59 Å². The zero-order valence-electron chi connectivity index (χ0n) is 20.3. The zero-order valence-corrected chi connectivity index (χ0v) is 21.1. The maximum absolute atomic E-state index is 14.2. The van der Waals surface area contributed by atoms with Crippen LogP contribution in [0.3, 0.4) is 0 Å². The Bertz CT molecular complexity index is 1280. The molecule has 0 aromatic heterocycles. The molecule has 2 unspecified atom stereocenters. The summed E-state index contributed by atoms with van der Waals surface area (Å²) < 4.78 is 81.4. The number of fused-ring (bicyclic) bond motifs is 2. The van der Waals surface area contributed by atoms with Gasteiger partial charge in [0.15, 0.2) is 0 Å². The average molecular weight is 558 g/mol. The molecule has 0 spiro atoms. The summed E-state index contributed by atoms with van der Waals surface area (Å²) in [5.41, 5.74) is -1.24. The molecular weight excluding hydrogens is 530 g/mol. The second kappa shape index (κ2) is 9.77. The van der Waals surface area contributed by atoms with Crippen LogP contribution in [0.15, 0.2) is 18.2 Å². The van der Waals surface area contributed by atoms with Gasteiger partial charge in [-0.1, -0.05) is 6.07 Å². The first-order valence-electron chi connectivity index (χ1n) is 12.5. The second-order valence-corrected chi connectivity index (χ2v) is 12.3. The van der Waals surface area contributed by atoms with Crippen molar-refractivity contribution in [1.29, 1.82) is 5.26 Å². The van der Waals surface area contributed by atoms with Crippen molar-refractivity contribution in [2.45, 2.75) is 50.5 Å². The molecule has 2 bridgehead atoms. The number of hydrogen-bond acceptors (Lipinski definition) is 5. The molecule has 1 aromatic rings. The molecule has 4 atom stereocenters. The lowest BCUT2D eigenvalue weighted by atomic mass is 9.97. The maximum Gasteiger partial charge on any atom is 0.416 e. The fourth-order valence-electron chi connectivity index (χ4n) is 6.05. The molecule has 14 heteroatoms. The van der Waals surface area contributed by atoms with Gasteiger partial charge in [-0.05, 0) is 43.7 Å². The molecule has 2 amide bonds. The lowest BCUT2D eigenvalue weighted by molar-refractivity contribution is -0.143. The molecule has 9 nitrogen and oxygen atoms in total. The van der Waals surface area contributed by atoms with Crippen LogP contribution in [0.1, 0.15) is 36.8 Å². The lowest BCUT2D eigenvalue weighted by Gasteiger charge is -2.41. The highest BCUT2D eigenvalue weighted by molar-refractivity contribution is 7.86. The normalized spacial score (nSPS) is 28.3. The Hall–Kier alpha value is -2.76. The fourth-order valence-corrected chi connectivity index (χ4v) is 8.05. The Balaban J connectivity index is 1.22. The van der Waals surface area contributed by atoms with Crippen LogP contribution in [-0.2, 0) is 32.5 Å². The molecule has 3 heterocycles. The molecule has 4 fully saturated rings. The summed E-state index contributed by atoms with van der Waals surface area (Å²) in [6, 6.07) is 2.81. The monoisotopic (exact) mass is 557 g/mol. The van der Waals surface area contributed by atoms with E-state index in [2.05, 4.69) is 11.4 Å². The minimum Gasteiger partial charge on any atom is -0.350 e. The van der Waals surface area contributed by atoms with Gasteiger partial charge in [0.1, 0.15) is 11.9 Å². The predicted molar refractivity (Wildman–Crippen MR) is 124 cm³/mol. The van der Waals surface area contributed by atoms with Crippen molar-refractivity contribution in [2.75, 3.05) is 26.2 Å². The number of nitrogens with one attached hydrogen (secondary N) is 1. The highest BCUT2D eigenvalue weighted by Gasteiger charge is 2.55. The molecule has 4 aliphatic rings. The summed E-state index contributed by atoms with van der Waals surface area (Å²) in [5.74, 6) is -2.81. The van der Waals surface area contributed by atoms with Crippen LogP contribution in [0.25, 0.3) is 0 Å². The van der Waals surface area contributed by atoms with Gasteiger partial charge in [0, 0.05) is 44.3 Å². The standard InChI is InChI=1S/C24H27F4N5O4S/c25-19-8-17(24(26,27)28)4-3-16(19)10-30-22(34)20-2-1-5-32(20)23(35)18-6-14-7-21(18)33(13-14)38(36,37)31-11-15(9-29)12-31/h3-4,8,14-15,18,20-21H,1-2,5-7,10-13H2,(H,30,34)/t14?,18-,20+,21?/m0/s1. The van der Waals surface area contributed by atoms with E-state index in [-0.39, 0.29) is 42.9 Å². The van der Waals surface area contributed by atoms with E-state index >= 15 is 0 Å². The van der Waals surface area contributed by atoms with Crippen LogP contribution >= 0.6 is 0 Å². The third kappa shape index (κ3) is 4.76. The summed E-state index contributed by atoms with van der Waals surface area (Å²) in [5, 5.41) is 11.5. The maximum atomic E-state index is 14.2. The van der Waals surface area contributed by atoms with Crippen LogP contribution in [-0.4, -0.2) is 72.0 Å². The van der Waals surface area contributed by atoms with Crippen molar-refractivity contribution in [3.8, 4) is 6.07 Å². The minimum absolute atomic E-state index is 0.0364. The summed E-state index contributed by atoms with van der Waals surface area (Å²) in [7, 11) is -3.79. The number of halogens is 4. The van der Waals surface area contributed by atoms with Crippen LogP contribution in [0.4, 0.5) is 17.6 Å². The van der Waals surface area contributed by atoms with E-state index in [4.69, 9.17) is 5.26 Å². The van der Waals surface area contributed by atoms with Crippen LogP contribution in [0.2, 0.25) is 0 Å². The highest BCUT2D eigenvalue weighted by Crippen LogP contribution is 2.45. The van der Waals surface area contributed by atoms with Gasteiger partial charge in [-0.25, -0.2) is 4.39 Å². The number of amides is 2. The topological polar surface area (TPSA) is 114 Å². The first-order chi connectivity index (χ1) is 17.9. The summed E-state index contributed by atoms with van der Waals surface area (Å²) in [6.45, 7) is 0.592. The highest BCUT2D eigenvalue weighted by atomic mass is 32.2. The summed E-state index contributed by atoms with van der Waals surface area (Å²) in [6.07, 6.45) is -2.67. The number of rotatable bonds is 6. The molecule has 1 N–H and O–H groups in total. The Kier molecular flexibility index (Phi) is 6.90. The Labute approximate surface area is 217 Å². The van der Waals surface area contributed by atoms with E-state index in [1.165, 1.54) is 13.5 Å². The van der Waals surface area contributed by atoms with Gasteiger partial charge >= 0.3 is 6.18 Å². The number of nitriles is 1. The Morgan fingerprint density at radius 2 is 1.89 bits per heavy atom. The van der Waals surface area contributed by atoms with Crippen LogP contribution in [0, 0.1) is 34.9 Å². The van der Waals surface area contributed by atoms with Gasteiger partial charge in [-0.2, -0.15) is 35.5 Å². The Morgan fingerprint density at radius 3 is 2.53 bits per heavy atom. The molecule has 1 saturated carbocycles. The lowest BCUT2D eigenvalue weighted by Crippen LogP contribution is -2.58. The molecule has 1 aliphatic carbocycles. The molecule has 0 radical (unpaired) electrons.